The Hall–Kier alpha value is -0.450. The lowest BCUT2D eigenvalue weighted by Crippen LogP contribution is -2.59. The maximum Gasteiger partial charge on any atom is 0.107 e. The topological polar surface area (TPSA) is 28.2 Å². The van der Waals surface area contributed by atoms with Gasteiger partial charge in [0.05, 0.1) is 6.54 Å². The van der Waals surface area contributed by atoms with Crippen molar-refractivity contribution in [2.45, 2.75) is 38.8 Å². The fourth-order valence-corrected chi connectivity index (χ4v) is 3.08. The van der Waals surface area contributed by atoms with Gasteiger partial charge in [0.1, 0.15) is 5.01 Å². The van der Waals surface area contributed by atoms with Gasteiger partial charge in [-0.3, -0.25) is 4.90 Å². The van der Waals surface area contributed by atoms with Crippen LogP contribution in [0.15, 0.2) is 11.6 Å². The molecule has 1 N–H and O–H groups in total. The first kappa shape index (κ1) is 12.0. The fraction of sp³-hybridized carbons (Fsp3) is 0.750. The summed E-state index contributed by atoms with van der Waals surface area (Å²) in [6.45, 7) is 8.97. The van der Waals surface area contributed by atoms with E-state index < -0.39 is 0 Å². The summed E-state index contributed by atoms with van der Waals surface area (Å²) < 4.78 is 0. The predicted octanol–water partition coefficient (Wildman–Crippen LogP) is 2.11. The van der Waals surface area contributed by atoms with Crippen molar-refractivity contribution in [3.8, 4) is 0 Å². The number of aromatic nitrogens is 1. The van der Waals surface area contributed by atoms with Gasteiger partial charge in [0.2, 0.25) is 0 Å². The number of thiazole rings is 1. The molecule has 4 heteroatoms. The minimum atomic E-state index is 0.329. The molecule has 3 nitrogen and oxygen atoms in total. The van der Waals surface area contributed by atoms with Crippen molar-refractivity contribution in [1.29, 1.82) is 0 Å². The van der Waals surface area contributed by atoms with E-state index in [0.29, 0.717) is 5.54 Å². The average Bonchev–Trinajstić information content (AvgIpc) is 2.82. The summed E-state index contributed by atoms with van der Waals surface area (Å²) in [6.07, 6.45) is 4.31. The van der Waals surface area contributed by atoms with Crippen molar-refractivity contribution >= 4 is 11.3 Å². The van der Waals surface area contributed by atoms with Crippen LogP contribution in [-0.2, 0) is 6.54 Å². The molecule has 16 heavy (non-hydrogen) atoms. The van der Waals surface area contributed by atoms with Gasteiger partial charge in [-0.15, -0.1) is 11.3 Å². The molecule has 1 aliphatic rings. The summed E-state index contributed by atoms with van der Waals surface area (Å²) in [5.41, 5.74) is 0.329. The van der Waals surface area contributed by atoms with Gasteiger partial charge in [-0.25, -0.2) is 4.98 Å². The van der Waals surface area contributed by atoms with E-state index in [0.717, 1.165) is 26.2 Å². The number of hydrogen-bond donors (Lipinski definition) is 1. The second-order valence-electron chi connectivity index (χ2n) is 4.55. The number of hydrogen-bond acceptors (Lipinski definition) is 4. The number of nitrogens with zero attached hydrogens (tertiary/aromatic N) is 2. The summed E-state index contributed by atoms with van der Waals surface area (Å²) in [5.74, 6) is 0. The van der Waals surface area contributed by atoms with Crippen LogP contribution in [0, 0.1) is 0 Å². The van der Waals surface area contributed by atoms with Crippen LogP contribution in [0.3, 0.4) is 0 Å². The monoisotopic (exact) mass is 239 g/mol. The molecule has 0 unspecified atom stereocenters. The Balaban J connectivity index is 1.96. The first-order valence-corrected chi connectivity index (χ1v) is 7.02. The molecule has 1 aromatic rings. The third-order valence-electron chi connectivity index (χ3n) is 3.65. The van der Waals surface area contributed by atoms with Crippen LogP contribution < -0.4 is 5.32 Å². The smallest absolute Gasteiger partial charge is 0.107 e. The van der Waals surface area contributed by atoms with Gasteiger partial charge in [0.25, 0.3) is 0 Å². The summed E-state index contributed by atoms with van der Waals surface area (Å²) in [7, 11) is 0. The molecule has 1 saturated heterocycles. The normalized spacial score (nSPS) is 21.1. The highest BCUT2D eigenvalue weighted by Gasteiger charge is 2.31. The Labute approximate surface area is 102 Å². The van der Waals surface area contributed by atoms with E-state index >= 15 is 0 Å². The van der Waals surface area contributed by atoms with E-state index in [-0.39, 0.29) is 0 Å². The summed E-state index contributed by atoms with van der Waals surface area (Å²) in [4.78, 5) is 6.90. The van der Waals surface area contributed by atoms with E-state index in [9.17, 15) is 0 Å². The van der Waals surface area contributed by atoms with Crippen LogP contribution in [0.25, 0.3) is 0 Å². The van der Waals surface area contributed by atoms with E-state index in [1.54, 1.807) is 11.3 Å². The number of nitrogens with one attached hydrogen (secondary N) is 1. The Morgan fingerprint density at radius 3 is 2.94 bits per heavy atom. The van der Waals surface area contributed by atoms with Crippen molar-refractivity contribution in [2.75, 3.05) is 19.6 Å². The van der Waals surface area contributed by atoms with Gasteiger partial charge < -0.3 is 5.32 Å². The molecule has 1 aromatic heterocycles. The molecule has 0 saturated carbocycles. The minimum Gasteiger partial charge on any atom is -0.309 e. The van der Waals surface area contributed by atoms with E-state index in [1.807, 2.05) is 6.20 Å². The maximum atomic E-state index is 4.37. The number of rotatable bonds is 4. The highest BCUT2D eigenvalue weighted by atomic mass is 32.1. The van der Waals surface area contributed by atoms with Gasteiger partial charge in [-0.05, 0) is 12.8 Å². The predicted molar refractivity (Wildman–Crippen MR) is 68.7 cm³/mol. The maximum absolute atomic E-state index is 4.37. The first-order valence-electron chi connectivity index (χ1n) is 6.14. The van der Waals surface area contributed by atoms with Crippen LogP contribution in [0.1, 0.15) is 31.7 Å². The molecule has 1 aliphatic heterocycles. The number of piperazine rings is 1. The Morgan fingerprint density at radius 1 is 1.50 bits per heavy atom. The third-order valence-corrected chi connectivity index (χ3v) is 4.41. The Bertz CT molecular complexity index is 306. The first-order chi connectivity index (χ1) is 7.78. The molecule has 0 atom stereocenters. The Morgan fingerprint density at radius 2 is 2.31 bits per heavy atom. The van der Waals surface area contributed by atoms with Gasteiger partial charge in [0.15, 0.2) is 0 Å². The Kier molecular flexibility index (Phi) is 3.95. The standard InChI is InChI=1S/C12H21N3S/c1-3-12(4-2)10-15(7-5-14-12)9-11-13-6-8-16-11/h6,8,14H,3-5,7,9-10H2,1-2H3. The van der Waals surface area contributed by atoms with Gasteiger partial charge in [-0.1, -0.05) is 13.8 Å². The van der Waals surface area contributed by atoms with E-state index in [2.05, 4.69) is 34.4 Å². The molecule has 1 fully saturated rings. The van der Waals surface area contributed by atoms with Crippen molar-refractivity contribution in [3.63, 3.8) is 0 Å². The molecule has 2 rings (SSSR count). The summed E-state index contributed by atoms with van der Waals surface area (Å²) >= 11 is 1.76. The lowest BCUT2D eigenvalue weighted by Gasteiger charge is -2.42. The van der Waals surface area contributed by atoms with Gasteiger partial charge >= 0.3 is 0 Å². The van der Waals surface area contributed by atoms with Crippen LogP contribution in [0.5, 0.6) is 0 Å². The SMILES string of the molecule is CCC1(CC)CN(Cc2nccs2)CCN1. The van der Waals surface area contributed by atoms with Crippen molar-refractivity contribution in [1.82, 2.24) is 15.2 Å². The second kappa shape index (κ2) is 5.25. The van der Waals surface area contributed by atoms with E-state index in [1.165, 1.54) is 17.8 Å². The molecule has 0 radical (unpaired) electrons. The molecule has 0 amide bonds. The van der Waals surface area contributed by atoms with Crippen LogP contribution in [-0.4, -0.2) is 35.1 Å². The van der Waals surface area contributed by atoms with Crippen LogP contribution in [0.2, 0.25) is 0 Å². The van der Waals surface area contributed by atoms with Crippen LogP contribution >= 0.6 is 11.3 Å². The zero-order chi connectivity index (χ0) is 11.4. The zero-order valence-corrected chi connectivity index (χ0v) is 11.0. The molecule has 0 spiro atoms. The molecule has 2 heterocycles. The largest absolute Gasteiger partial charge is 0.309 e. The fourth-order valence-electron chi connectivity index (χ4n) is 2.42. The third kappa shape index (κ3) is 2.62. The van der Waals surface area contributed by atoms with Crippen molar-refractivity contribution in [2.24, 2.45) is 0 Å². The van der Waals surface area contributed by atoms with Crippen molar-refractivity contribution in [3.05, 3.63) is 16.6 Å². The lowest BCUT2D eigenvalue weighted by atomic mass is 9.90. The molecule has 0 bridgehead atoms. The minimum absolute atomic E-state index is 0.329. The molecule has 90 valence electrons. The molecule has 0 aliphatic carbocycles. The van der Waals surface area contributed by atoms with E-state index in [4.69, 9.17) is 0 Å². The van der Waals surface area contributed by atoms with Gasteiger partial charge in [-0.2, -0.15) is 0 Å². The molecular weight excluding hydrogens is 218 g/mol. The summed E-state index contributed by atoms with van der Waals surface area (Å²) in [5, 5.41) is 6.98. The lowest BCUT2D eigenvalue weighted by molar-refractivity contribution is 0.118. The zero-order valence-electron chi connectivity index (χ0n) is 10.2. The molecule has 0 aromatic carbocycles. The second-order valence-corrected chi connectivity index (χ2v) is 5.53. The van der Waals surface area contributed by atoms with Crippen LogP contribution in [0.4, 0.5) is 0 Å². The quantitative estimate of drug-likeness (QED) is 0.872. The highest BCUT2D eigenvalue weighted by Crippen LogP contribution is 2.21. The summed E-state index contributed by atoms with van der Waals surface area (Å²) in [6, 6.07) is 0. The highest BCUT2D eigenvalue weighted by molar-refractivity contribution is 7.09. The molecular formula is C12H21N3S. The van der Waals surface area contributed by atoms with Crippen molar-refractivity contribution < 1.29 is 0 Å². The average molecular weight is 239 g/mol. The van der Waals surface area contributed by atoms with Gasteiger partial charge in [0, 0.05) is 36.8 Å².